The summed E-state index contributed by atoms with van der Waals surface area (Å²) in [6.07, 6.45) is 0. The van der Waals surface area contributed by atoms with Crippen molar-refractivity contribution < 1.29 is 14.1 Å². The van der Waals surface area contributed by atoms with E-state index >= 15 is 0 Å². The Morgan fingerprint density at radius 3 is 2.89 bits per heavy atom. The summed E-state index contributed by atoms with van der Waals surface area (Å²) in [6.45, 7) is 3.47. The number of nitrogens with one attached hydrogen (secondary N) is 2. The van der Waals surface area contributed by atoms with Gasteiger partial charge in [-0.25, -0.2) is 5.43 Å². The van der Waals surface area contributed by atoms with Gasteiger partial charge < -0.3 is 14.4 Å². The second-order valence-electron chi connectivity index (χ2n) is 5.82. The van der Waals surface area contributed by atoms with Crippen LogP contribution in [0.2, 0.25) is 0 Å². The summed E-state index contributed by atoms with van der Waals surface area (Å²) in [5, 5.41) is 10.1. The Morgan fingerprint density at radius 2 is 2.19 bits per heavy atom. The fourth-order valence-electron chi connectivity index (χ4n) is 2.26. The normalized spacial score (nSPS) is 12.9. The fraction of sp³-hybridized carbons (Fsp3) is 0.294. The van der Waals surface area contributed by atoms with Gasteiger partial charge in [-0.1, -0.05) is 28.6 Å². The minimum absolute atomic E-state index is 0.116. The van der Waals surface area contributed by atoms with E-state index in [4.69, 9.17) is 4.52 Å². The highest BCUT2D eigenvalue weighted by Crippen LogP contribution is 2.15. The molecule has 2 N–H and O–H groups in total. The third kappa shape index (κ3) is 4.77. The molecule has 0 spiro atoms. The van der Waals surface area contributed by atoms with Crippen molar-refractivity contribution in [3.8, 4) is 0 Å². The van der Waals surface area contributed by atoms with Crippen LogP contribution in [0.15, 0.2) is 40.0 Å². The van der Waals surface area contributed by atoms with Crippen LogP contribution in [0.3, 0.4) is 0 Å². The Labute approximate surface area is 163 Å². The largest absolute Gasteiger partial charge is 0.360 e. The van der Waals surface area contributed by atoms with E-state index in [1.165, 1.54) is 23.1 Å². The molecular weight excluding hydrogens is 386 g/mol. The van der Waals surface area contributed by atoms with Crippen LogP contribution in [0.5, 0.6) is 0 Å². The van der Waals surface area contributed by atoms with Crippen LogP contribution < -0.4 is 15.5 Å². The van der Waals surface area contributed by atoms with Gasteiger partial charge in [0.15, 0.2) is 5.82 Å². The average Bonchev–Trinajstić information content (AvgIpc) is 3.21. The number of thioether (sulfide) groups is 1. The second kappa shape index (κ2) is 8.40. The number of amides is 2. The molecular formula is C17H19N5O3S2. The Kier molecular flexibility index (Phi) is 5.97. The number of carbonyl (C=O) groups excluding carboxylic acids is 2. The van der Waals surface area contributed by atoms with Gasteiger partial charge in [0.1, 0.15) is 5.76 Å². The molecule has 27 heavy (non-hydrogen) atoms. The first-order valence-corrected chi connectivity index (χ1v) is 10.0. The van der Waals surface area contributed by atoms with Crippen LogP contribution in [-0.2, 0) is 16.6 Å². The Morgan fingerprint density at radius 1 is 1.41 bits per heavy atom. The maximum absolute atomic E-state index is 12.1. The molecule has 0 aliphatic heterocycles. The molecule has 2 amide bonds. The number of rotatable bonds is 6. The van der Waals surface area contributed by atoms with Crippen LogP contribution in [0.4, 0.5) is 5.82 Å². The van der Waals surface area contributed by atoms with Crippen molar-refractivity contribution >= 4 is 50.9 Å². The number of hydrogen-bond donors (Lipinski definition) is 2. The van der Waals surface area contributed by atoms with Gasteiger partial charge in [0.2, 0.25) is 16.6 Å². The summed E-state index contributed by atoms with van der Waals surface area (Å²) >= 11 is 2.71. The fourth-order valence-corrected chi connectivity index (χ4v) is 3.92. The molecule has 0 bridgehead atoms. The molecule has 142 valence electrons. The molecule has 10 heteroatoms. The van der Waals surface area contributed by atoms with Gasteiger partial charge in [-0.3, -0.25) is 9.59 Å². The number of anilines is 1. The number of nitrogens with zero attached hydrogens (tertiary/aromatic N) is 3. The summed E-state index contributed by atoms with van der Waals surface area (Å²) in [4.78, 5) is 24.8. The zero-order chi connectivity index (χ0) is 19.4. The van der Waals surface area contributed by atoms with E-state index in [0.29, 0.717) is 16.4 Å². The Bertz CT molecular complexity index is 1040. The highest BCUT2D eigenvalue weighted by atomic mass is 32.2. The molecule has 3 rings (SSSR count). The summed E-state index contributed by atoms with van der Waals surface area (Å²) in [5.74, 6) is 0.579. The second-order valence-corrected chi connectivity index (χ2v) is 8.16. The molecule has 1 aromatic carbocycles. The summed E-state index contributed by atoms with van der Waals surface area (Å²) in [7, 11) is 1.90. The van der Waals surface area contributed by atoms with Crippen LogP contribution >= 0.6 is 23.1 Å². The molecule has 0 saturated carbocycles. The first-order valence-electron chi connectivity index (χ1n) is 8.17. The molecule has 2 heterocycles. The maximum Gasteiger partial charge on any atom is 0.250 e. The third-order valence-corrected chi connectivity index (χ3v) is 5.96. The van der Waals surface area contributed by atoms with E-state index in [-0.39, 0.29) is 17.6 Å². The third-order valence-electron chi connectivity index (χ3n) is 3.70. The molecule has 0 saturated heterocycles. The lowest BCUT2D eigenvalue weighted by Gasteiger charge is -2.09. The van der Waals surface area contributed by atoms with Gasteiger partial charge in [-0.15, -0.1) is 16.9 Å². The number of thiazole rings is 1. The van der Waals surface area contributed by atoms with Gasteiger partial charge in [-0.05, 0) is 26.0 Å². The Hall–Kier alpha value is -2.59. The van der Waals surface area contributed by atoms with Crippen LogP contribution in [-0.4, -0.2) is 32.5 Å². The van der Waals surface area contributed by atoms with E-state index in [1.54, 1.807) is 19.9 Å². The number of para-hydroxylation sites is 1. The minimum Gasteiger partial charge on any atom is -0.360 e. The van der Waals surface area contributed by atoms with Crippen LogP contribution in [0, 0.1) is 6.92 Å². The van der Waals surface area contributed by atoms with E-state index in [0.717, 1.165) is 10.2 Å². The van der Waals surface area contributed by atoms with Gasteiger partial charge in [-0.2, -0.15) is 0 Å². The van der Waals surface area contributed by atoms with Crippen molar-refractivity contribution in [2.45, 2.75) is 19.1 Å². The zero-order valence-electron chi connectivity index (χ0n) is 15.1. The maximum atomic E-state index is 12.1. The lowest BCUT2D eigenvalue weighted by Crippen LogP contribution is -2.28. The zero-order valence-corrected chi connectivity index (χ0v) is 16.7. The van der Waals surface area contributed by atoms with E-state index < -0.39 is 5.25 Å². The number of benzene rings is 1. The number of aromatic nitrogens is 2. The highest BCUT2D eigenvalue weighted by Gasteiger charge is 2.16. The van der Waals surface area contributed by atoms with Gasteiger partial charge >= 0.3 is 0 Å². The van der Waals surface area contributed by atoms with Gasteiger partial charge in [0, 0.05) is 13.1 Å². The summed E-state index contributed by atoms with van der Waals surface area (Å²) in [5.41, 5.74) is 3.60. The topological polar surface area (TPSA) is 102 Å². The predicted octanol–water partition coefficient (Wildman–Crippen LogP) is 2.23. The van der Waals surface area contributed by atoms with Crippen molar-refractivity contribution in [2.75, 3.05) is 11.1 Å². The van der Waals surface area contributed by atoms with Crippen LogP contribution in [0.25, 0.3) is 10.2 Å². The van der Waals surface area contributed by atoms with Crippen molar-refractivity contribution in [3.05, 3.63) is 40.9 Å². The number of fused-ring (bicyclic) bond motifs is 1. The smallest absolute Gasteiger partial charge is 0.250 e. The highest BCUT2D eigenvalue weighted by molar-refractivity contribution is 8.01. The molecule has 8 nitrogen and oxygen atoms in total. The lowest BCUT2D eigenvalue weighted by atomic mass is 10.3. The predicted molar refractivity (Wildman–Crippen MR) is 106 cm³/mol. The van der Waals surface area contributed by atoms with Crippen molar-refractivity contribution in [2.24, 2.45) is 12.1 Å². The lowest BCUT2D eigenvalue weighted by molar-refractivity contribution is -0.118. The standard InChI is InChI=1S/C17H19N5O3S2/c1-10-8-14(21-25-10)18-16(24)11(2)26-9-15(23)19-20-17-22(3)12-6-4-5-7-13(12)27-17/h4-8,11H,9H2,1-3H3,(H,19,23)(H,18,21,24)/b20-17-. The molecule has 3 aromatic rings. The van der Waals surface area contributed by atoms with E-state index in [2.05, 4.69) is 21.0 Å². The van der Waals surface area contributed by atoms with Crippen molar-refractivity contribution in [1.82, 2.24) is 15.1 Å². The quantitative estimate of drug-likeness (QED) is 0.613. The monoisotopic (exact) mass is 405 g/mol. The van der Waals surface area contributed by atoms with E-state index in [9.17, 15) is 9.59 Å². The SMILES string of the molecule is Cc1cc(NC(=O)C(C)SCC(=O)N/N=c2\sc3ccccc3n2C)no1. The molecule has 0 aliphatic rings. The molecule has 2 aromatic heterocycles. The van der Waals surface area contributed by atoms with Crippen LogP contribution in [0.1, 0.15) is 12.7 Å². The minimum atomic E-state index is -0.423. The molecule has 0 aliphatic carbocycles. The Balaban J connectivity index is 1.53. The van der Waals surface area contributed by atoms with Gasteiger partial charge in [0.25, 0.3) is 0 Å². The molecule has 0 radical (unpaired) electrons. The van der Waals surface area contributed by atoms with Gasteiger partial charge in [0.05, 0.1) is 21.2 Å². The summed E-state index contributed by atoms with van der Waals surface area (Å²) < 4.78 is 7.91. The summed E-state index contributed by atoms with van der Waals surface area (Å²) in [6, 6.07) is 9.56. The van der Waals surface area contributed by atoms with Crippen molar-refractivity contribution in [3.63, 3.8) is 0 Å². The first-order chi connectivity index (χ1) is 12.9. The average molecular weight is 406 g/mol. The van der Waals surface area contributed by atoms with E-state index in [1.807, 2.05) is 35.9 Å². The molecule has 1 unspecified atom stereocenters. The number of carbonyl (C=O) groups is 2. The number of hydrogen-bond acceptors (Lipinski definition) is 7. The first kappa shape index (κ1) is 19.2. The molecule has 1 atom stereocenters. The number of aryl methyl sites for hydroxylation is 2. The molecule has 0 fully saturated rings. The van der Waals surface area contributed by atoms with Crippen molar-refractivity contribution in [1.29, 1.82) is 0 Å².